The Bertz CT molecular complexity index is 581. The van der Waals surface area contributed by atoms with Gasteiger partial charge in [-0.2, -0.15) is 0 Å². The van der Waals surface area contributed by atoms with E-state index in [0.29, 0.717) is 5.56 Å². The third-order valence-corrected chi connectivity index (χ3v) is 5.39. The third-order valence-electron chi connectivity index (χ3n) is 2.66. The Morgan fingerprint density at radius 3 is 2.30 bits per heavy atom. The average molecular weight is 467 g/mol. The number of benzene rings is 1. The molecule has 0 spiro atoms. The molecule has 1 aromatic carbocycles. The minimum atomic E-state index is -0.373. The van der Waals surface area contributed by atoms with Gasteiger partial charge >= 0.3 is 0 Å². The van der Waals surface area contributed by atoms with Crippen LogP contribution in [0.2, 0.25) is 0 Å². The number of hydrogen-bond acceptors (Lipinski definition) is 3. The van der Waals surface area contributed by atoms with Gasteiger partial charge in [0, 0.05) is 17.8 Å². The number of hydrogen-bond donors (Lipinski definition) is 0. The van der Waals surface area contributed by atoms with Crippen molar-refractivity contribution in [2.45, 2.75) is 9.65 Å². The summed E-state index contributed by atoms with van der Waals surface area (Å²) >= 11 is 7.06. The molecule has 0 saturated heterocycles. The molecule has 0 aliphatic rings. The van der Waals surface area contributed by atoms with E-state index in [2.05, 4.69) is 36.8 Å². The maximum atomic E-state index is 11.0. The molecule has 1 heterocycles. The molecule has 0 radical (unpaired) electrons. The number of nitrogens with zero attached hydrogens (tertiary/aromatic N) is 2. The molecule has 2 rings (SSSR count). The molecule has 2 atom stereocenters. The first-order chi connectivity index (χ1) is 9.11. The number of para-hydroxylation sites is 1. The summed E-state index contributed by atoms with van der Waals surface area (Å²) in [5.74, 6) is 0. The van der Waals surface area contributed by atoms with Gasteiger partial charge in [0.2, 0.25) is 0 Å². The zero-order valence-corrected chi connectivity index (χ0v) is 15.0. The molecule has 106 valence electrons. The molecule has 0 N–H and O–H groups in total. The van der Waals surface area contributed by atoms with Gasteiger partial charge in [0.25, 0.3) is 5.69 Å². The van der Waals surface area contributed by atoms with Crippen LogP contribution in [-0.2, 0) is 0 Å². The smallest absolute Gasteiger partial charge is 0.260 e. The fourth-order valence-electron chi connectivity index (χ4n) is 1.73. The number of nitro groups is 1. The van der Waals surface area contributed by atoms with E-state index in [0.717, 1.165) is 5.69 Å². The predicted octanol–water partition coefficient (Wildman–Crippen LogP) is 5.14. The molecule has 0 bridgehead atoms. The minimum absolute atomic E-state index is 0. The summed E-state index contributed by atoms with van der Waals surface area (Å²) in [6.07, 6.45) is 1.70. The summed E-state index contributed by atoms with van der Waals surface area (Å²) in [4.78, 5) is 14.5. The van der Waals surface area contributed by atoms with Crippen LogP contribution in [0.3, 0.4) is 0 Å². The van der Waals surface area contributed by atoms with Crippen LogP contribution in [0.5, 0.6) is 0 Å². The molecule has 0 aliphatic heterocycles. The van der Waals surface area contributed by atoms with E-state index < -0.39 is 0 Å². The second-order valence-corrected chi connectivity index (χ2v) is 5.85. The molecule has 4 nitrogen and oxygen atoms in total. The van der Waals surface area contributed by atoms with Gasteiger partial charge in [0.05, 0.1) is 20.3 Å². The molecule has 0 amide bonds. The first-order valence-electron chi connectivity index (χ1n) is 5.53. The van der Waals surface area contributed by atoms with Gasteiger partial charge in [-0.25, -0.2) is 0 Å². The van der Waals surface area contributed by atoms with Crippen molar-refractivity contribution in [3.63, 3.8) is 0 Å². The minimum Gasteiger partial charge on any atom is -0.260 e. The Morgan fingerprint density at radius 2 is 1.70 bits per heavy atom. The summed E-state index contributed by atoms with van der Waals surface area (Å²) in [5.41, 5.74) is 1.55. The van der Waals surface area contributed by atoms with Crippen molar-refractivity contribution in [1.29, 1.82) is 0 Å². The van der Waals surface area contributed by atoms with Crippen LogP contribution in [0.15, 0.2) is 48.7 Å². The van der Waals surface area contributed by atoms with Gasteiger partial charge in [0.1, 0.15) is 0 Å². The highest BCUT2D eigenvalue weighted by atomic mass is 79.9. The van der Waals surface area contributed by atoms with Crippen LogP contribution >= 0.6 is 48.8 Å². The van der Waals surface area contributed by atoms with Gasteiger partial charge in [0.15, 0.2) is 0 Å². The van der Waals surface area contributed by atoms with E-state index >= 15 is 0 Å². The highest BCUT2D eigenvalue weighted by Crippen LogP contribution is 2.44. The SMILES string of the molecule is Br.O=[N+]([O-])c1ccccc1C(Br)C(Br)c1ccccn1. The average Bonchev–Trinajstić information content (AvgIpc) is 2.46. The summed E-state index contributed by atoms with van der Waals surface area (Å²) in [7, 11) is 0. The maximum Gasteiger partial charge on any atom is 0.273 e. The highest BCUT2D eigenvalue weighted by molar-refractivity contribution is 9.12. The van der Waals surface area contributed by atoms with Gasteiger partial charge in [-0.05, 0) is 12.1 Å². The molecule has 0 fully saturated rings. The second kappa shape index (κ2) is 7.85. The molecule has 0 saturated carbocycles. The molecule has 7 heteroatoms. The standard InChI is InChI=1S/C13H10Br2N2O2.BrH/c14-12(13(15)10-6-3-4-8-16-10)9-5-1-2-7-11(9)17(18)19;/h1-8,12-13H;1H. The van der Waals surface area contributed by atoms with E-state index in [1.807, 2.05) is 18.2 Å². The highest BCUT2D eigenvalue weighted by Gasteiger charge is 2.26. The lowest BCUT2D eigenvalue weighted by atomic mass is 10.1. The molecule has 0 aliphatic carbocycles. The molecule has 2 unspecified atom stereocenters. The topological polar surface area (TPSA) is 56.0 Å². The lowest BCUT2D eigenvalue weighted by Crippen LogP contribution is -2.04. The summed E-state index contributed by atoms with van der Waals surface area (Å²) in [5, 5.41) is 11.0. The summed E-state index contributed by atoms with van der Waals surface area (Å²) < 4.78 is 0. The van der Waals surface area contributed by atoms with E-state index in [4.69, 9.17) is 0 Å². The van der Waals surface area contributed by atoms with E-state index in [9.17, 15) is 10.1 Å². The zero-order chi connectivity index (χ0) is 13.8. The van der Waals surface area contributed by atoms with Gasteiger partial charge in [-0.1, -0.05) is 56.1 Å². The maximum absolute atomic E-state index is 11.0. The Kier molecular flexibility index (Phi) is 6.78. The van der Waals surface area contributed by atoms with Crippen LogP contribution in [0, 0.1) is 10.1 Å². The lowest BCUT2D eigenvalue weighted by molar-refractivity contribution is -0.385. The first-order valence-corrected chi connectivity index (χ1v) is 7.37. The Balaban J connectivity index is 0.00000200. The molecular weight excluding hydrogens is 456 g/mol. The number of pyridine rings is 1. The zero-order valence-electron chi connectivity index (χ0n) is 10.1. The lowest BCUT2D eigenvalue weighted by Gasteiger charge is -2.16. The fraction of sp³-hybridized carbons (Fsp3) is 0.154. The predicted molar refractivity (Wildman–Crippen MR) is 91.0 cm³/mol. The van der Waals surface area contributed by atoms with Crippen molar-refractivity contribution in [1.82, 2.24) is 4.98 Å². The molecule has 1 aromatic heterocycles. The van der Waals surface area contributed by atoms with E-state index in [1.165, 1.54) is 6.07 Å². The summed E-state index contributed by atoms with van der Waals surface area (Å²) in [6, 6.07) is 12.3. The number of rotatable bonds is 4. The largest absolute Gasteiger partial charge is 0.273 e. The third kappa shape index (κ3) is 3.86. The number of aromatic nitrogens is 1. The van der Waals surface area contributed by atoms with Crippen LogP contribution < -0.4 is 0 Å². The fourth-order valence-corrected chi connectivity index (χ4v) is 2.95. The van der Waals surface area contributed by atoms with E-state index in [1.54, 1.807) is 24.4 Å². The molecular formula is C13H11Br3N2O2. The van der Waals surface area contributed by atoms with Crippen molar-refractivity contribution >= 4 is 54.5 Å². The van der Waals surface area contributed by atoms with Crippen LogP contribution in [0.25, 0.3) is 0 Å². The molecule has 2 aromatic rings. The van der Waals surface area contributed by atoms with Crippen molar-refractivity contribution in [2.24, 2.45) is 0 Å². The number of alkyl halides is 2. The second-order valence-electron chi connectivity index (χ2n) is 3.87. The van der Waals surface area contributed by atoms with Crippen molar-refractivity contribution in [2.75, 3.05) is 0 Å². The quantitative estimate of drug-likeness (QED) is 0.356. The van der Waals surface area contributed by atoms with Crippen LogP contribution in [0.1, 0.15) is 20.9 Å². The molecule has 20 heavy (non-hydrogen) atoms. The van der Waals surface area contributed by atoms with E-state index in [-0.39, 0.29) is 37.2 Å². The normalized spacial score (nSPS) is 13.1. The van der Waals surface area contributed by atoms with Gasteiger partial charge < -0.3 is 0 Å². The number of halogens is 3. The van der Waals surface area contributed by atoms with Crippen molar-refractivity contribution in [3.8, 4) is 0 Å². The van der Waals surface area contributed by atoms with Crippen molar-refractivity contribution in [3.05, 3.63) is 70.0 Å². The number of nitro benzene ring substituents is 1. The van der Waals surface area contributed by atoms with Crippen LogP contribution in [0.4, 0.5) is 5.69 Å². The van der Waals surface area contributed by atoms with Crippen molar-refractivity contribution < 1.29 is 4.92 Å². The first kappa shape index (κ1) is 17.3. The van der Waals surface area contributed by atoms with Gasteiger partial charge in [-0.15, -0.1) is 17.0 Å². The Morgan fingerprint density at radius 1 is 1.05 bits per heavy atom. The Hall–Kier alpha value is -0.790. The Labute approximate surface area is 143 Å². The monoisotopic (exact) mass is 464 g/mol. The van der Waals surface area contributed by atoms with Crippen LogP contribution in [-0.4, -0.2) is 9.91 Å². The van der Waals surface area contributed by atoms with Gasteiger partial charge in [-0.3, -0.25) is 15.1 Å². The summed E-state index contributed by atoms with van der Waals surface area (Å²) in [6.45, 7) is 0.